The minimum absolute atomic E-state index is 0.364. The van der Waals surface area contributed by atoms with Crippen molar-refractivity contribution in [3.8, 4) is 0 Å². The highest BCUT2D eigenvalue weighted by molar-refractivity contribution is 4.92. The van der Waals surface area contributed by atoms with Crippen molar-refractivity contribution in [1.82, 2.24) is 0 Å². The molecule has 0 heterocycles. The summed E-state index contributed by atoms with van der Waals surface area (Å²) in [5, 5.41) is 9.16. The number of aliphatic hydroxyl groups excluding tert-OH is 1. The van der Waals surface area contributed by atoms with Gasteiger partial charge in [0.1, 0.15) is 0 Å². The Hall–Kier alpha value is -0.820. The quantitative estimate of drug-likeness (QED) is 0.458. The molecule has 0 amide bonds. The van der Waals surface area contributed by atoms with Crippen molar-refractivity contribution < 1.29 is 5.11 Å². The third kappa shape index (κ3) is 7.07. The second-order valence-electron chi connectivity index (χ2n) is 2.39. The summed E-state index contributed by atoms with van der Waals surface area (Å²) in [5.74, 6) is 0. The van der Waals surface area contributed by atoms with Crippen molar-refractivity contribution in [1.29, 1.82) is 0 Å². The molecule has 0 saturated carbocycles. The normalized spacial score (nSPS) is 13.2. The second-order valence-corrected chi connectivity index (χ2v) is 2.39. The molecule has 0 aromatic heterocycles. The van der Waals surface area contributed by atoms with Gasteiger partial charge in [-0.3, -0.25) is 0 Å². The van der Waals surface area contributed by atoms with E-state index < -0.39 is 0 Å². The highest BCUT2D eigenvalue weighted by Gasteiger charge is 1.91. The van der Waals surface area contributed by atoms with Crippen molar-refractivity contribution >= 4 is 0 Å². The Morgan fingerprint density at radius 1 is 1.18 bits per heavy atom. The summed E-state index contributed by atoms with van der Waals surface area (Å²) >= 11 is 0. The molecule has 11 heavy (non-hydrogen) atoms. The molecule has 1 nitrogen and oxygen atoms in total. The topological polar surface area (TPSA) is 20.2 Å². The Labute approximate surface area is 68.7 Å². The van der Waals surface area contributed by atoms with Gasteiger partial charge >= 0.3 is 0 Å². The van der Waals surface area contributed by atoms with Crippen molar-refractivity contribution in [2.45, 2.75) is 25.4 Å². The maximum Gasteiger partial charge on any atom is 0.0755 e. The average molecular weight is 152 g/mol. The van der Waals surface area contributed by atoms with Crippen LogP contribution in [0.2, 0.25) is 0 Å². The van der Waals surface area contributed by atoms with Crippen LogP contribution in [0.4, 0.5) is 0 Å². The molecular weight excluding hydrogens is 136 g/mol. The third-order valence-corrected chi connectivity index (χ3v) is 1.30. The lowest BCUT2D eigenvalue weighted by molar-refractivity contribution is 0.226. The number of hydrogen-bond donors (Lipinski definition) is 1. The van der Waals surface area contributed by atoms with E-state index in [1.54, 1.807) is 12.2 Å². The lowest BCUT2D eigenvalue weighted by atomic mass is 10.2. The lowest BCUT2D eigenvalue weighted by Gasteiger charge is -1.98. The zero-order valence-electron chi connectivity index (χ0n) is 6.87. The first-order chi connectivity index (χ1) is 5.31. The fraction of sp³-hybridized carbons (Fsp3) is 0.400. The molecular formula is C10H16O. The van der Waals surface area contributed by atoms with Crippen LogP contribution in [-0.4, -0.2) is 11.2 Å². The zero-order chi connectivity index (χ0) is 8.53. The van der Waals surface area contributed by atoms with Crippen LogP contribution in [0.5, 0.6) is 0 Å². The third-order valence-electron chi connectivity index (χ3n) is 1.30. The van der Waals surface area contributed by atoms with Gasteiger partial charge in [-0.2, -0.15) is 0 Å². The summed E-state index contributed by atoms with van der Waals surface area (Å²) in [6, 6.07) is 0. The molecule has 1 atom stereocenters. The lowest BCUT2D eigenvalue weighted by Crippen LogP contribution is -1.98. The van der Waals surface area contributed by atoms with E-state index in [4.69, 9.17) is 5.11 Å². The van der Waals surface area contributed by atoms with Crippen LogP contribution in [0.3, 0.4) is 0 Å². The molecule has 0 bridgehead atoms. The number of rotatable bonds is 6. The van der Waals surface area contributed by atoms with E-state index in [0.29, 0.717) is 6.42 Å². The molecule has 0 aliphatic heterocycles. The molecule has 0 spiro atoms. The Morgan fingerprint density at radius 3 is 2.45 bits per heavy atom. The predicted octanol–water partition coefficient (Wildman–Crippen LogP) is 2.45. The van der Waals surface area contributed by atoms with Gasteiger partial charge in [0.2, 0.25) is 0 Å². The molecule has 62 valence electrons. The highest BCUT2D eigenvalue weighted by Crippen LogP contribution is 1.97. The summed E-state index contributed by atoms with van der Waals surface area (Å²) in [6.07, 6.45) is 9.53. The first kappa shape index (κ1) is 10.2. The van der Waals surface area contributed by atoms with Gasteiger partial charge in [0.25, 0.3) is 0 Å². The minimum Gasteiger partial charge on any atom is -0.389 e. The van der Waals surface area contributed by atoms with E-state index in [0.717, 1.165) is 12.8 Å². The van der Waals surface area contributed by atoms with Crippen LogP contribution in [0.25, 0.3) is 0 Å². The molecule has 0 aromatic rings. The van der Waals surface area contributed by atoms with Crippen LogP contribution < -0.4 is 0 Å². The highest BCUT2D eigenvalue weighted by atomic mass is 16.3. The van der Waals surface area contributed by atoms with Gasteiger partial charge in [0.05, 0.1) is 6.10 Å². The molecule has 1 heteroatoms. The van der Waals surface area contributed by atoms with Gasteiger partial charge in [-0.05, 0) is 19.3 Å². The second kappa shape index (κ2) is 7.29. The fourth-order valence-electron chi connectivity index (χ4n) is 0.717. The van der Waals surface area contributed by atoms with Gasteiger partial charge in [0.15, 0.2) is 0 Å². The van der Waals surface area contributed by atoms with E-state index in [1.807, 2.05) is 12.2 Å². The van der Waals surface area contributed by atoms with E-state index in [2.05, 4.69) is 13.2 Å². The molecule has 0 radical (unpaired) electrons. The van der Waals surface area contributed by atoms with Crippen LogP contribution in [-0.2, 0) is 0 Å². The summed E-state index contributed by atoms with van der Waals surface area (Å²) in [6.45, 7) is 7.14. The van der Waals surface area contributed by atoms with Gasteiger partial charge in [0, 0.05) is 0 Å². The number of allylic oxidation sites excluding steroid dienone is 2. The fourth-order valence-corrected chi connectivity index (χ4v) is 0.717. The molecule has 0 saturated heterocycles. The monoisotopic (exact) mass is 152 g/mol. The van der Waals surface area contributed by atoms with E-state index in [1.165, 1.54) is 0 Å². The van der Waals surface area contributed by atoms with Gasteiger partial charge < -0.3 is 5.11 Å². The van der Waals surface area contributed by atoms with E-state index >= 15 is 0 Å². The Morgan fingerprint density at radius 2 is 1.91 bits per heavy atom. The molecule has 0 aliphatic carbocycles. The molecule has 1 N–H and O–H groups in total. The SMILES string of the molecule is C=CCCC=CC(O)CC=C. The van der Waals surface area contributed by atoms with Crippen LogP contribution in [0.1, 0.15) is 19.3 Å². The Kier molecular flexibility index (Phi) is 6.75. The van der Waals surface area contributed by atoms with Crippen LogP contribution in [0.15, 0.2) is 37.5 Å². The van der Waals surface area contributed by atoms with Crippen LogP contribution >= 0.6 is 0 Å². The average Bonchev–Trinajstić information content (AvgIpc) is 1.99. The number of aliphatic hydroxyl groups is 1. The summed E-state index contributed by atoms with van der Waals surface area (Å²) in [5.41, 5.74) is 0. The van der Waals surface area contributed by atoms with Crippen molar-refractivity contribution in [3.63, 3.8) is 0 Å². The molecule has 0 aromatic carbocycles. The van der Waals surface area contributed by atoms with Gasteiger partial charge in [-0.15, -0.1) is 13.2 Å². The maximum absolute atomic E-state index is 9.16. The van der Waals surface area contributed by atoms with E-state index in [-0.39, 0.29) is 6.10 Å². The van der Waals surface area contributed by atoms with Crippen molar-refractivity contribution in [2.24, 2.45) is 0 Å². The molecule has 0 rings (SSSR count). The Balaban J connectivity index is 3.38. The predicted molar refractivity (Wildman–Crippen MR) is 49.4 cm³/mol. The van der Waals surface area contributed by atoms with E-state index in [9.17, 15) is 0 Å². The van der Waals surface area contributed by atoms with Gasteiger partial charge in [-0.25, -0.2) is 0 Å². The van der Waals surface area contributed by atoms with Crippen molar-refractivity contribution in [2.75, 3.05) is 0 Å². The zero-order valence-corrected chi connectivity index (χ0v) is 6.87. The number of unbranched alkanes of at least 4 members (excludes halogenated alkanes) is 1. The summed E-state index contributed by atoms with van der Waals surface area (Å²) < 4.78 is 0. The minimum atomic E-state index is -0.364. The van der Waals surface area contributed by atoms with Crippen LogP contribution in [0, 0.1) is 0 Å². The standard InChI is InChI=1S/C10H16O/c1-3-5-6-7-9-10(11)8-4-2/h3-4,7,9-11H,1-2,5-6,8H2. The Bertz CT molecular complexity index is 136. The molecule has 0 aliphatic rings. The largest absolute Gasteiger partial charge is 0.389 e. The smallest absolute Gasteiger partial charge is 0.0755 e. The molecule has 1 unspecified atom stereocenters. The van der Waals surface area contributed by atoms with Crippen molar-refractivity contribution in [3.05, 3.63) is 37.5 Å². The first-order valence-electron chi connectivity index (χ1n) is 3.87. The molecule has 0 fully saturated rings. The summed E-state index contributed by atoms with van der Waals surface area (Å²) in [4.78, 5) is 0. The van der Waals surface area contributed by atoms with Gasteiger partial charge in [-0.1, -0.05) is 24.3 Å². The summed E-state index contributed by atoms with van der Waals surface area (Å²) in [7, 11) is 0. The first-order valence-corrected chi connectivity index (χ1v) is 3.87. The maximum atomic E-state index is 9.16. The number of hydrogen-bond acceptors (Lipinski definition) is 1.